The van der Waals surface area contributed by atoms with Crippen LogP contribution in [0.3, 0.4) is 0 Å². The van der Waals surface area contributed by atoms with Crippen molar-refractivity contribution in [2.75, 3.05) is 20.2 Å². The largest absolute Gasteiger partial charge is 0.388 e. The Hall–Kier alpha value is -0.810. The molecule has 5 nitrogen and oxygen atoms in total. The van der Waals surface area contributed by atoms with Crippen LogP contribution in [-0.4, -0.2) is 49.0 Å². The lowest BCUT2D eigenvalue weighted by Crippen LogP contribution is -2.68. The Morgan fingerprint density at radius 1 is 1.27 bits per heavy atom. The first-order valence-corrected chi connectivity index (χ1v) is 8.77. The first-order chi connectivity index (χ1) is 10.5. The second kappa shape index (κ2) is 6.00. The maximum Gasteiger partial charge on any atom is 0.191 e. The molecule has 3 aliphatic rings. The highest BCUT2D eigenvalue weighted by atomic mass is 16.5. The van der Waals surface area contributed by atoms with Gasteiger partial charge in [0, 0.05) is 37.6 Å². The highest BCUT2D eigenvalue weighted by molar-refractivity contribution is 5.80. The molecule has 2 saturated carbocycles. The number of guanidine groups is 1. The normalized spacial score (nSPS) is 36.4. The van der Waals surface area contributed by atoms with Crippen molar-refractivity contribution >= 4 is 5.96 Å². The van der Waals surface area contributed by atoms with Gasteiger partial charge in [0.05, 0.1) is 11.7 Å². The molecule has 3 N–H and O–H groups in total. The van der Waals surface area contributed by atoms with Crippen molar-refractivity contribution in [3.05, 3.63) is 0 Å². The van der Waals surface area contributed by atoms with Crippen LogP contribution in [-0.2, 0) is 4.74 Å². The van der Waals surface area contributed by atoms with Crippen LogP contribution in [0.4, 0.5) is 0 Å². The Morgan fingerprint density at radius 3 is 2.68 bits per heavy atom. The quantitative estimate of drug-likeness (QED) is 0.548. The molecular weight excluding hydrogens is 278 g/mol. The predicted octanol–water partition coefficient (Wildman–Crippen LogP) is 1.66. The molecule has 0 spiro atoms. The van der Waals surface area contributed by atoms with Gasteiger partial charge in [-0.15, -0.1) is 0 Å². The zero-order chi connectivity index (χ0) is 15.8. The van der Waals surface area contributed by atoms with Gasteiger partial charge in [0.25, 0.3) is 0 Å². The van der Waals surface area contributed by atoms with Crippen LogP contribution in [0.5, 0.6) is 0 Å². The highest BCUT2D eigenvalue weighted by Crippen LogP contribution is 2.52. The molecule has 126 valence electrons. The maximum absolute atomic E-state index is 10.6. The van der Waals surface area contributed by atoms with Crippen LogP contribution in [0.1, 0.15) is 52.4 Å². The zero-order valence-electron chi connectivity index (χ0n) is 14.2. The summed E-state index contributed by atoms with van der Waals surface area (Å²) in [6, 6.07) is 0.396. The van der Waals surface area contributed by atoms with Gasteiger partial charge in [-0.1, -0.05) is 33.1 Å². The van der Waals surface area contributed by atoms with Crippen LogP contribution in [0, 0.1) is 11.3 Å². The Balaban J connectivity index is 1.54. The Morgan fingerprint density at radius 2 is 2.00 bits per heavy atom. The molecular formula is C17H31N3O2. The first kappa shape index (κ1) is 16.1. The molecule has 3 fully saturated rings. The van der Waals surface area contributed by atoms with Crippen LogP contribution in [0.2, 0.25) is 0 Å². The number of rotatable bonds is 3. The van der Waals surface area contributed by atoms with Crippen molar-refractivity contribution < 1.29 is 9.84 Å². The summed E-state index contributed by atoms with van der Waals surface area (Å²) in [7, 11) is 1.80. The second-order valence-electron chi connectivity index (χ2n) is 7.90. The van der Waals surface area contributed by atoms with E-state index in [9.17, 15) is 5.11 Å². The summed E-state index contributed by atoms with van der Waals surface area (Å²) < 4.78 is 5.84. The molecule has 2 aliphatic carbocycles. The van der Waals surface area contributed by atoms with Crippen LogP contribution in [0.15, 0.2) is 4.99 Å². The molecule has 1 heterocycles. The fourth-order valence-corrected chi connectivity index (χ4v) is 4.59. The highest BCUT2D eigenvalue weighted by Gasteiger charge is 2.59. The van der Waals surface area contributed by atoms with Crippen LogP contribution >= 0.6 is 0 Å². The molecule has 0 aromatic carbocycles. The van der Waals surface area contributed by atoms with Gasteiger partial charge in [0.15, 0.2) is 5.96 Å². The predicted molar refractivity (Wildman–Crippen MR) is 87.9 cm³/mol. The van der Waals surface area contributed by atoms with Crippen molar-refractivity contribution in [2.24, 2.45) is 16.3 Å². The van der Waals surface area contributed by atoms with E-state index >= 15 is 0 Å². The van der Waals surface area contributed by atoms with Gasteiger partial charge in [-0.05, 0) is 19.3 Å². The Kier molecular flexibility index (Phi) is 4.38. The Bertz CT molecular complexity index is 430. The van der Waals surface area contributed by atoms with E-state index in [1.807, 2.05) is 0 Å². The number of hydrogen-bond acceptors (Lipinski definition) is 3. The van der Waals surface area contributed by atoms with E-state index in [1.54, 1.807) is 7.05 Å². The van der Waals surface area contributed by atoms with Crippen molar-refractivity contribution in [3.8, 4) is 0 Å². The molecule has 3 atom stereocenters. The number of nitrogens with one attached hydrogen (secondary N) is 2. The fraction of sp³-hybridized carbons (Fsp3) is 0.941. The number of ether oxygens (including phenoxy) is 1. The van der Waals surface area contributed by atoms with Gasteiger partial charge in [-0.2, -0.15) is 0 Å². The third kappa shape index (κ3) is 2.85. The molecule has 5 heteroatoms. The van der Waals surface area contributed by atoms with E-state index in [2.05, 4.69) is 29.5 Å². The molecule has 0 amide bonds. The minimum absolute atomic E-state index is 0.139. The summed E-state index contributed by atoms with van der Waals surface area (Å²) in [5.41, 5.74) is -0.426. The van der Waals surface area contributed by atoms with Gasteiger partial charge in [0.2, 0.25) is 0 Å². The molecule has 3 unspecified atom stereocenters. The summed E-state index contributed by atoms with van der Waals surface area (Å²) in [6.07, 6.45) is 6.80. The lowest BCUT2D eigenvalue weighted by atomic mass is 9.57. The minimum Gasteiger partial charge on any atom is -0.388 e. The smallest absolute Gasteiger partial charge is 0.191 e. The van der Waals surface area contributed by atoms with Gasteiger partial charge in [-0.3, -0.25) is 4.99 Å². The molecule has 1 aliphatic heterocycles. The summed E-state index contributed by atoms with van der Waals surface area (Å²) >= 11 is 0. The van der Waals surface area contributed by atoms with Crippen molar-refractivity contribution in [1.82, 2.24) is 10.6 Å². The molecule has 1 saturated heterocycles. The standard InChI is InChI=1S/C17H31N3O2/c1-16(2)13(12-7-10-22-14(12)16)20-15(18-3)19-11-17(21)8-5-4-6-9-17/h12-14,21H,4-11H2,1-3H3,(H2,18,19,20). The third-order valence-corrected chi connectivity index (χ3v) is 5.99. The molecule has 22 heavy (non-hydrogen) atoms. The monoisotopic (exact) mass is 309 g/mol. The number of aliphatic imine (C=N–C) groups is 1. The van der Waals surface area contributed by atoms with Crippen LogP contribution < -0.4 is 10.6 Å². The first-order valence-electron chi connectivity index (χ1n) is 8.77. The SMILES string of the molecule is CN=C(NCC1(O)CCCCC1)NC1C2CCOC2C1(C)C. The van der Waals surface area contributed by atoms with E-state index < -0.39 is 5.60 Å². The Labute approximate surface area is 133 Å². The molecule has 0 aromatic rings. The van der Waals surface area contributed by atoms with Gasteiger partial charge in [-0.25, -0.2) is 0 Å². The van der Waals surface area contributed by atoms with Gasteiger partial charge >= 0.3 is 0 Å². The average Bonchev–Trinajstić information content (AvgIpc) is 2.95. The number of hydrogen-bond donors (Lipinski definition) is 3. The summed E-state index contributed by atoms with van der Waals surface area (Å²) in [5.74, 6) is 1.40. The van der Waals surface area contributed by atoms with E-state index in [1.165, 1.54) is 6.42 Å². The summed E-state index contributed by atoms with van der Waals surface area (Å²) in [4.78, 5) is 4.35. The number of nitrogens with zero attached hydrogens (tertiary/aromatic N) is 1. The number of fused-ring (bicyclic) bond motifs is 1. The fourth-order valence-electron chi connectivity index (χ4n) is 4.59. The van der Waals surface area contributed by atoms with Crippen LogP contribution in [0.25, 0.3) is 0 Å². The van der Waals surface area contributed by atoms with E-state index in [0.717, 1.165) is 44.7 Å². The lowest BCUT2D eigenvalue weighted by molar-refractivity contribution is -0.107. The summed E-state index contributed by atoms with van der Waals surface area (Å²) in [6.45, 7) is 5.99. The van der Waals surface area contributed by atoms with Crippen molar-refractivity contribution in [1.29, 1.82) is 0 Å². The van der Waals surface area contributed by atoms with Gasteiger partial charge in [0.1, 0.15) is 0 Å². The second-order valence-corrected chi connectivity index (χ2v) is 7.90. The topological polar surface area (TPSA) is 65.9 Å². The van der Waals surface area contributed by atoms with E-state index in [-0.39, 0.29) is 5.41 Å². The lowest BCUT2D eigenvalue weighted by Gasteiger charge is -2.55. The van der Waals surface area contributed by atoms with E-state index in [4.69, 9.17) is 4.74 Å². The van der Waals surface area contributed by atoms with Gasteiger partial charge < -0.3 is 20.5 Å². The molecule has 0 bridgehead atoms. The minimum atomic E-state index is -0.565. The number of aliphatic hydroxyl groups is 1. The third-order valence-electron chi connectivity index (χ3n) is 5.99. The van der Waals surface area contributed by atoms with Crippen molar-refractivity contribution in [2.45, 2.75) is 70.1 Å². The maximum atomic E-state index is 10.6. The molecule has 0 radical (unpaired) electrons. The van der Waals surface area contributed by atoms with Crippen molar-refractivity contribution in [3.63, 3.8) is 0 Å². The molecule has 3 rings (SSSR count). The average molecular weight is 309 g/mol. The zero-order valence-corrected chi connectivity index (χ0v) is 14.2. The molecule has 0 aromatic heterocycles. The van der Waals surface area contributed by atoms with E-state index in [0.29, 0.717) is 24.6 Å². The summed E-state index contributed by atoms with van der Waals surface area (Å²) in [5, 5.41) is 17.5.